The molecule has 2 aliphatic carbocycles. The van der Waals surface area contributed by atoms with Crippen LogP contribution in [0.4, 0.5) is 0 Å². The maximum Gasteiger partial charge on any atom is 0.0309 e. The average molecular weight is 236 g/mol. The van der Waals surface area contributed by atoms with Crippen LogP contribution in [0.15, 0.2) is 0 Å². The third-order valence-corrected chi connectivity index (χ3v) is 5.47. The normalized spacial score (nSPS) is 33.5. The summed E-state index contributed by atoms with van der Waals surface area (Å²) in [6.07, 6.45) is 11.5. The Kier molecular flexibility index (Phi) is 2.99. The van der Waals surface area contributed by atoms with E-state index in [1.807, 2.05) is 0 Å². The van der Waals surface area contributed by atoms with Gasteiger partial charge < -0.3 is 5.32 Å². The van der Waals surface area contributed by atoms with E-state index in [1.165, 1.54) is 64.5 Å². The number of hydrogen-bond acceptors (Lipinski definition) is 2. The Hall–Kier alpha value is -0.0800. The molecule has 1 spiro atoms. The van der Waals surface area contributed by atoms with Gasteiger partial charge in [-0.1, -0.05) is 25.7 Å². The highest BCUT2D eigenvalue weighted by atomic mass is 15.3. The van der Waals surface area contributed by atoms with Crippen LogP contribution in [0.1, 0.15) is 65.2 Å². The Morgan fingerprint density at radius 1 is 1.00 bits per heavy atom. The van der Waals surface area contributed by atoms with Gasteiger partial charge in [0, 0.05) is 30.2 Å². The molecule has 0 bridgehead atoms. The zero-order valence-electron chi connectivity index (χ0n) is 11.6. The van der Waals surface area contributed by atoms with Crippen LogP contribution in [0.2, 0.25) is 0 Å². The summed E-state index contributed by atoms with van der Waals surface area (Å²) in [5.74, 6) is 0. The molecule has 17 heavy (non-hydrogen) atoms. The number of nitrogens with zero attached hydrogens (tertiary/aromatic N) is 1. The summed E-state index contributed by atoms with van der Waals surface area (Å²) in [6, 6.07) is 0.879. The Balaban J connectivity index is 1.77. The van der Waals surface area contributed by atoms with Crippen molar-refractivity contribution < 1.29 is 0 Å². The Morgan fingerprint density at radius 3 is 2.29 bits per heavy atom. The van der Waals surface area contributed by atoms with Gasteiger partial charge in [0.25, 0.3) is 0 Å². The topological polar surface area (TPSA) is 15.3 Å². The second-order valence-corrected chi connectivity index (χ2v) is 7.22. The van der Waals surface area contributed by atoms with Crippen molar-refractivity contribution in [3.05, 3.63) is 0 Å². The zero-order chi connectivity index (χ0) is 11.9. The third kappa shape index (κ3) is 2.15. The molecule has 0 aromatic carbocycles. The van der Waals surface area contributed by atoms with E-state index in [1.54, 1.807) is 0 Å². The van der Waals surface area contributed by atoms with Gasteiger partial charge in [0.1, 0.15) is 0 Å². The van der Waals surface area contributed by atoms with Gasteiger partial charge in [0.2, 0.25) is 0 Å². The molecule has 0 atom stereocenters. The highest BCUT2D eigenvalue weighted by Crippen LogP contribution is 2.39. The second kappa shape index (κ2) is 4.24. The molecule has 3 fully saturated rings. The fraction of sp³-hybridized carbons (Fsp3) is 1.00. The van der Waals surface area contributed by atoms with Gasteiger partial charge in [0.05, 0.1) is 0 Å². The standard InChI is InChI=1S/C15H28N2/c1-14(2)11-16-15(9-5-6-10-15)12-17(14)13-7-3-4-8-13/h13,16H,3-12H2,1-2H3. The molecule has 1 saturated heterocycles. The Bertz CT molecular complexity index is 273. The number of nitrogens with one attached hydrogen (secondary N) is 1. The highest BCUT2D eigenvalue weighted by Gasteiger charge is 2.46. The molecule has 2 saturated carbocycles. The van der Waals surface area contributed by atoms with Crippen molar-refractivity contribution in [2.45, 2.75) is 82.3 Å². The smallest absolute Gasteiger partial charge is 0.0309 e. The molecule has 98 valence electrons. The molecule has 1 N–H and O–H groups in total. The van der Waals surface area contributed by atoms with Gasteiger partial charge in [-0.2, -0.15) is 0 Å². The van der Waals surface area contributed by atoms with E-state index < -0.39 is 0 Å². The first-order valence-corrected chi connectivity index (χ1v) is 7.63. The van der Waals surface area contributed by atoms with Gasteiger partial charge in [-0.05, 0) is 39.5 Å². The number of piperazine rings is 1. The van der Waals surface area contributed by atoms with Gasteiger partial charge in [-0.3, -0.25) is 4.90 Å². The molecular weight excluding hydrogens is 208 g/mol. The fourth-order valence-electron chi connectivity index (χ4n) is 4.33. The van der Waals surface area contributed by atoms with Crippen LogP contribution in [0.3, 0.4) is 0 Å². The van der Waals surface area contributed by atoms with Crippen LogP contribution < -0.4 is 5.32 Å². The predicted molar refractivity (Wildman–Crippen MR) is 72.2 cm³/mol. The lowest BCUT2D eigenvalue weighted by Gasteiger charge is -2.53. The molecular formula is C15H28N2. The van der Waals surface area contributed by atoms with Crippen molar-refractivity contribution in [2.24, 2.45) is 0 Å². The molecule has 0 aromatic rings. The van der Waals surface area contributed by atoms with Crippen molar-refractivity contribution in [3.8, 4) is 0 Å². The van der Waals surface area contributed by atoms with Crippen molar-refractivity contribution in [3.63, 3.8) is 0 Å². The van der Waals surface area contributed by atoms with Crippen LogP contribution in [-0.4, -0.2) is 35.1 Å². The maximum absolute atomic E-state index is 3.90. The van der Waals surface area contributed by atoms with Gasteiger partial charge >= 0.3 is 0 Å². The lowest BCUT2D eigenvalue weighted by molar-refractivity contribution is -0.00420. The van der Waals surface area contributed by atoms with Crippen LogP contribution in [0.5, 0.6) is 0 Å². The highest BCUT2D eigenvalue weighted by molar-refractivity contribution is 5.06. The summed E-state index contributed by atoms with van der Waals surface area (Å²) in [4.78, 5) is 2.86. The minimum atomic E-state index is 0.364. The molecule has 0 radical (unpaired) electrons. The summed E-state index contributed by atoms with van der Waals surface area (Å²) in [6.45, 7) is 7.36. The average Bonchev–Trinajstić information content (AvgIpc) is 2.95. The quantitative estimate of drug-likeness (QED) is 0.753. The summed E-state index contributed by atoms with van der Waals surface area (Å²) in [7, 11) is 0. The predicted octanol–water partition coefficient (Wildman–Crippen LogP) is 2.93. The molecule has 1 aliphatic heterocycles. The first-order valence-electron chi connectivity index (χ1n) is 7.63. The van der Waals surface area contributed by atoms with E-state index in [-0.39, 0.29) is 0 Å². The van der Waals surface area contributed by atoms with E-state index in [0.717, 1.165) is 6.04 Å². The summed E-state index contributed by atoms with van der Waals surface area (Å²) in [5, 5.41) is 3.90. The molecule has 1 heterocycles. The van der Waals surface area contributed by atoms with Gasteiger partial charge in [0.15, 0.2) is 0 Å². The van der Waals surface area contributed by atoms with Crippen LogP contribution >= 0.6 is 0 Å². The van der Waals surface area contributed by atoms with Gasteiger partial charge in [-0.15, -0.1) is 0 Å². The van der Waals surface area contributed by atoms with E-state index in [0.29, 0.717) is 11.1 Å². The molecule has 0 unspecified atom stereocenters. The molecule has 0 aromatic heterocycles. The van der Waals surface area contributed by atoms with Crippen LogP contribution in [0, 0.1) is 0 Å². The van der Waals surface area contributed by atoms with E-state index in [4.69, 9.17) is 0 Å². The first kappa shape index (κ1) is 12.0. The minimum absolute atomic E-state index is 0.364. The SMILES string of the molecule is CC1(C)CNC2(CCCC2)CN1C1CCCC1. The summed E-state index contributed by atoms with van der Waals surface area (Å²) >= 11 is 0. The lowest BCUT2D eigenvalue weighted by atomic mass is 9.86. The first-order chi connectivity index (χ1) is 8.11. The summed E-state index contributed by atoms with van der Waals surface area (Å²) in [5.41, 5.74) is 0.848. The minimum Gasteiger partial charge on any atom is -0.308 e. The maximum atomic E-state index is 3.90. The van der Waals surface area contributed by atoms with Crippen LogP contribution in [-0.2, 0) is 0 Å². The van der Waals surface area contributed by atoms with E-state index in [9.17, 15) is 0 Å². The third-order valence-electron chi connectivity index (χ3n) is 5.47. The van der Waals surface area contributed by atoms with Crippen molar-refractivity contribution in [1.29, 1.82) is 0 Å². The van der Waals surface area contributed by atoms with Gasteiger partial charge in [-0.25, -0.2) is 0 Å². The van der Waals surface area contributed by atoms with Crippen molar-refractivity contribution in [2.75, 3.05) is 13.1 Å². The molecule has 2 nitrogen and oxygen atoms in total. The number of hydrogen-bond donors (Lipinski definition) is 1. The lowest BCUT2D eigenvalue weighted by Crippen LogP contribution is -2.69. The largest absolute Gasteiger partial charge is 0.308 e. The molecule has 0 amide bonds. The summed E-state index contributed by atoms with van der Waals surface area (Å²) < 4.78 is 0. The van der Waals surface area contributed by atoms with E-state index in [2.05, 4.69) is 24.1 Å². The fourth-order valence-corrected chi connectivity index (χ4v) is 4.33. The Labute approximate surface area is 106 Å². The molecule has 3 rings (SSSR count). The zero-order valence-corrected chi connectivity index (χ0v) is 11.6. The number of rotatable bonds is 1. The Morgan fingerprint density at radius 2 is 1.65 bits per heavy atom. The van der Waals surface area contributed by atoms with E-state index >= 15 is 0 Å². The molecule has 3 aliphatic rings. The van der Waals surface area contributed by atoms with Crippen molar-refractivity contribution in [1.82, 2.24) is 10.2 Å². The molecule has 2 heteroatoms. The van der Waals surface area contributed by atoms with Crippen LogP contribution in [0.25, 0.3) is 0 Å². The monoisotopic (exact) mass is 236 g/mol. The van der Waals surface area contributed by atoms with Crippen molar-refractivity contribution >= 4 is 0 Å². The second-order valence-electron chi connectivity index (χ2n) is 7.22.